The second-order valence-electron chi connectivity index (χ2n) is 4.88. The number of phenolic OH excluding ortho intramolecular Hbond substituents is 1. The van der Waals surface area contributed by atoms with Gasteiger partial charge in [-0.1, -0.05) is 12.2 Å². The van der Waals surface area contributed by atoms with E-state index in [1.807, 2.05) is 0 Å². The second-order valence-corrected chi connectivity index (χ2v) is 4.88. The third-order valence-corrected chi connectivity index (χ3v) is 3.62. The summed E-state index contributed by atoms with van der Waals surface area (Å²) in [5, 5.41) is 21.1. The van der Waals surface area contributed by atoms with Gasteiger partial charge in [-0.2, -0.15) is 0 Å². The molecule has 4 atom stereocenters. The lowest BCUT2D eigenvalue weighted by Gasteiger charge is -2.20. The zero-order valence-electron chi connectivity index (χ0n) is 10.4. The van der Waals surface area contributed by atoms with E-state index >= 15 is 0 Å². The maximum absolute atomic E-state index is 12.3. The van der Waals surface area contributed by atoms with Crippen LogP contribution < -0.4 is 5.32 Å². The topological polar surface area (TPSA) is 95.9 Å². The highest BCUT2D eigenvalue weighted by atomic mass is 16.5. The first-order chi connectivity index (χ1) is 9.56. The van der Waals surface area contributed by atoms with Crippen LogP contribution in [-0.4, -0.2) is 34.3 Å². The molecular formula is C14H13NO5. The second kappa shape index (κ2) is 4.64. The van der Waals surface area contributed by atoms with Crippen molar-refractivity contribution in [2.24, 2.45) is 11.8 Å². The molecule has 6 heteroatoms. The van der Waals surface area contributed by atoms with Crippen molar-refractivity contribution < 1.29 is 24.5 Å². The molecule has 6 nitrogen and oxygen atoms in total. The SMILES string of the molecule is O=C(O)[C@@H]1[C@@H](C(=O)Nc2ccc(O)cc2)[C@@H]2C=C[C@@H]1O2. The number of anilines is 1. The van der Waals surface area contributed by atoms with Crippen molar-refractivity contribution >= 4 is 17.6 Å². The molecule has 1 aromatic carbocycles. The molecule has 3 rings (SSSR count). The van der Waals surface area contributed by atoms with Crippen molar-refractivity contribution in [1.82, 2.24) is 0 Å². The first-order valence-corrected chi connectivity index (χ1v) is 6.23. The maximum Gasteiger partial charge on any atom is 0.310 e. The monoisotopic (exact) mass is 275 g/mol. The van der Waals surface area contributed by atoms with Crippen molar-refractivity contribution in [3.8, 4) is 5.75 Å². The van der Waals surface area contributed by atoms with Gasteiger partial charge in [0.1, 0.15) is 11.7 Å². The normalized spacial score (nSPS) is 30.4. The highest BCUT2D eigenvalue weighted by molar-refractivity contribution is 5.96. The Balaban J connectivity index is 1.78. The Labute approximate surface area is 114 Å². The van der Waals surface area contributed by atoms with Crippen molar-refractivity contribution in [3.63, 3.8) is 0 Å². The maximum atomic E-state index is 12.3. The Bertz CT molecular complexity index is 580. The molecule has 2 aliphatic heterocycles. The van der Waals surface area contributed by atoms with Gasteiger partial charge in [-0.25, -0.2) is 0 Å². The number of carbonyl (C=O) groups is 2. The number of aromatic hydroxyl groups is 1. The first-order valence-electron chi connectivity index (χ1n) is 6.23. The van der Waals surface area contributed by atoms with E-state index < -0.39 is 30.0 Å². The summed E-state index contributed by atoms with van der Waals surface area (Å²) < 4.78 is 5.44. The van der Waals surface area contributed by atoms with Gasteiger partial charge in [0.25, 0.3) is 0 Å². The Morgan fingerprint density at radius 3 is 2.25 bits per heavy atom. The van der Waals surface area contributed by atoms with Gasteiger partial charge in [-0.15, -0.1) is 0 Å². The summed E-state index contributed by atoms with van der Waals surface area (Å²) in [6, 6.07) is 5.99. The fourth-order valence-electron chi connectivity index (χ4n) is 2.69. The molecule has 0 spiro atoms. The van der Waals surface area contributed by atoms with E-state index in [4.69, 9.17) is 4.74 Å². The standard InChI is InChI=1S/C14H13NO5/c16-8-3-1-7(2-4-8)15-13(17)11-9-5-6-10(20-9)12(11)14(18)19/h1-6,9-12,16H,(H,15,17)(H,18,19)/t9-,10-,11-,12-/m0/s1. The quantitative estimate of drug-likeness (QED) is 0.564. The molecule has 0 unspecified atom stereocenters. The lowest BCUT2D eigenvalue weighted by molar-refractivity contribution is -0.145. The summed E-state index contributed by atoms with van der Waals surface area (Å²) in [4.78, 5) is 23.5. The molecule has 2 bridgehead atoms. The molecule has 1 saturated heterocycles. The minimum Gasteiger partial charge on any atom is -0.508 e. The fraction of sp³-hybridized carbons (Fsp3) is 0.286. The number of phenols is 1. The van der Waals surface area contributed by atoms with Crippen LogP contribution in [0.2, 0.25) is 0 Å². The average molecular weight is 275 g/mol. The largest absolute Gasteiger partial charge is 0.508 e. The number of hydrogen-bond donors (Lipinski definition) is 3. The predicted octanol–water partition coefficient (Wildman–Crippen LogP) is 0.985. The molecule has 1 fully saturated rings. The lowest BCUT2D eigenvalue weighted by Crippen LogP contribution is -2.39. The number of nitrogens with one attached hydrogen (secondary N) is 1. The Hall–Kier alpha value is -2.34. The van der Waals surface area contributed by atoms with Gasteiger partial charge in [-0.3, -0.25) is 9.59 Å². The molecular weight excluding hydrogens is 262 g/mol. The number of hydrogen-bond acceptors (Lipinski definition) is 4. The van der Waals surface area contributed by atoms with Crippen LogP contribution in [-0.2, 0) is 14.3 Å². The van der Waals surface area contributed by atoms with Gasteiger partial charge >= 0.3 is 5.97 Å². The van der Waals surface area contributed by atoms with E-state index in [0.717, 1.165) is 0 Å². The van der Waals surface area contributed by atoms with Crippen molar-refractivity contribution in [2.75, 3.05) is 5.32 Å². The van der Waals surface area contributed by atoms with E-state index in [-0.39, 0.29) is 11.7 Å². The average Bonchev–Trinajstić information content (AvgIpc) is 3.01. The fourth-order valence-corrected chi connectivity index (χ4v) is 2.69. The molecule has 2 aliphatic rings. The van der Waals surface area contributed by atoms with Crippen LogP contribution in [0.15, 0.2) is 36.4 Å². The first kappa shape index (κ1) is 12.7. The van der Waals surface area contributed by atoms with Gasteiger partial charge in [0.05, 0.1) is 18.1 Å². The summed E-state index contributed by atoms with van der Waals surface area (Å²) in [5.74, 6) is -2.93. The molecule has 104 valence electrons. The third-order valence-electron chi connectivity index (χ3n) is 3.62. The number of carboxylic acids is 1. The number of carboxylic acid groups (broad SMARTS) is 1. The number of ether oxygens (including phenoxy) is 1. The van der Waals surface area contributed by atoms with Crippen molar-refractivity contribution in [3.05, 3.63) is 36.4 Å². The van der Waals surface area contributed by atoms with E-state index in [1.54, 1.807) is 24.3 Å². The van der Waals surface area contributed by atoms with Gasteiger partial charge in [0.2, 0.25) is 5.91 Å². The minimum atomic E-state index is -1.03. The van der Waals surface area contributed by atoms with E-state index in [2.05, 4.69) is 5.32 Å². The summed E-state index contributed by atoms with van der Waals surface area (Å²) in [5.41, 5.74) is 0.503. The number of amides is 1. The highest BCUT2D eigenvalue weighted by Gasteiger charge is 2.53. The predicted molar refractivity (Wildman–Crippen MR) is 69.2 cm³/mol. The molecule has 1 aromatic rings. The highest BCUT2D eigenvalue weighted by Crippen LogP contribution is 2.39. The van der Waals surface area contributed by atoms with Crippen LogP contribution in [0.3, 0.4) is 0 Å². The molecule has 3 N–H and O–H groups in total. The van der Waals surface area contributed by atoms with Crippen LogP contribution in [0.25, 0.3) is 0 Å². The summed E-state index contributed by atoms with van der Waals surface area (Å²) >= 11 is 0. The summed E-state index contributed by atoms with van der Waals surface area (Å²) in [7, 11) is 0. The minimum absolute atomic E-state index is 0.0950. The molecule has 20 heavy (non-hydrogen) atoms. The number of carbonyl (C=O) groups excluding carboxylic acids is 1. The van der Waals surface area contributed by atoms with Crippen molar-refractivity contribution in [1.29, 1.82) is 0 Å². The number of rotatable bonds is 3. The van der Waals surface area contributed by atoms with Crippen LogP contribution in [0.5, 0.6) is 5.75 Å². The van der Waals surface area contributed by atoms with Gasteiger partial charge < -0.3 is 20.3 Å². The van der Waals surface area contributed by atoms with Gasteiger partial charge in [0.15, 0.2) is 0 Å². The Kier molecular flexibility index (Phi) is 2.94. The zero-order chi connectivity index (χ0) is 14.3. The zero-order valence-corrected chi connectivity index (χ0v) is 10.4. The van der Waals surface area contributed by atoms with Gasteiger partial charge in [-0.05, 0) is 24.3 Å². The molecule has 0 aromatic heterocycles. The summed E-state index contributed by atoms with van der Waals surface area (Å²) in [6.07, 6.45) is 2.39. The van der Waals surface area contributed by atoms with Crippen LogP contribution >= 0.6 is 0 Å². The number of fused-ring (bicyclic) bond motifs is 2. The van der Waals surface area contributed by atoms with E-state index in [1.165, 1.54) is 12.1 Å². The molecule has 0 aliphatic carbocycles. The molecule has 1 amide bonds. The number of benzene rings is 1. The third kappa shape index (κ3) is 2.04. The van der Waals surface area contributed by atoms with Crippen LogP contribution in [0.4, 0.5) is 5.69 Å². The molecule has 0 radical (unpaired) electrons. The van der Waals surface area contributed by atoms with Crippen LogP contribution in [0, 0.1) is 11.8 Å². The smallest absolute Gasteiger partial charge is 0.310 e. The molecule has 2 heterocycles. The van der Waals surface area contributed by atoms with Gasteiger partial charge in [0, 0.05) is 5.69 Å². The van der Waals surface area contributed by atoms with E-state index in [9.17, 15) is 19.8 Å². The lowest BCUT2D eigenvalue weighted by atomic mass is 9.82. The Morgan fingerprint density at radius 2 is 1.65 bits per heavy atom. The Morgan fingerprint density at radius 1 is 1.05 bits per heavy atom. The van der Waals surface area contributed by atoms with Crippen molar-refractivity contribution in [2.45, 2.75) is 12.2 Å². The number of aliphatic carboxylic acids is 1. The van der Waals surface area contributed by atoms with Crippen LogP contribution in [0.1, 0.15) is 0 Å². The molecule has 0 saturated carbocycles. The summed E-state index contributed by atoms with van der Waals surface area (Å²) in [6.45, 7) is 0. The van der Waals surface area contributed by atoms with E-state index in [0.29, 0.717) is 5.69 Å².